The summed E-state index contributed by atoms with van der Waals surface area (Å²) in [6.07, 6.45) is 0. The van der Waals surface area contributed by atoms with Crippen LogP contribution in [0.5, 0.6) is 0 Å². The van der Waals surface area contributed by atoms with Gasteiger partial charge in [0.15, 0.2) is 0 Å². The molecule has 1 heterocycles. The molecule has 0 radical (unpaired) electrons. The maximum absolute atomic E-state index is 12.0. The van der Waals surface area contributed by atoms with E-state index in [4.69, 9.17) is 0 Å². The number of thiol groups is 1. The lowest BCUT2D eigenvalue weighted by Gasteiger charge is -2.09. The van der Waals surface area contributed by atoms with Crippen molar-refractivity contribution >= 4 is 18.3 Å². The van der Waals surface area contributed by atoms with Gasteiger partial charge >= 0.3 is 0 Å². The van der Waals surface area contributed by atoms with Crippen molar-refractivity contribution in [3.05, 3.63) is 62.4 Å². The van der Waals surface area contributed by atoms with Crippen LogP contribution < -0.4 is 5.56 Å². The molecule has 0 bridgehead atoms. The molecule has 0 amide bonds. The zero-order valence-corrected chi connectivity index (χ0v) is 11.1. The van der Waals surface area contributed by atoms with Gasteiger partial charge in [0.2, 0.25) is 0 Å². The Labute approximate surface area is 115 Å². The Hall–Kier alpha value is -2.08. The summed E-state index contributed by atoms with van der Waals surface area (Å²) in [5.74, 6) is 0.382. The molecule has 0 aliphatic heterocycles. The molecule has 19 heavy (non-hydrogen) atoms. The van der Waals surface area contributed by atoms with Crippen LogP contribution in [0.3, 0.4) is 0 Å². The van der Waals surface area contributed by atoms with Crippen LogP contribution >= 0.6 is 12.6 Å². The minimum absolute atomic E-state index is 0.0285. The van der Waals surface area contributed by atoms with Crippen molar-refractivity contribution in [2.45, 2.75) is 5.75 Å². The summed E-state index contributed by atoms with van der Waals surface area (Å²) >= 11 is 4.10. The first kappa shape index (κ1) is 13.4. The lowest BCUT2D eigenvalue weighted by molar-refractivity contribution is -0.384. The summed E-state index contributed by atoms with van der Waals surface area (Å²) < 4.78 is 1.52. The van der Waals surface area contributed by atoms with Gasteiger partial charge in [-0.05, 0) is 23.8 Å². The molecule has 0 saturated heterocycles. The first-order chi connectivity index (χ1) is 9.04. The Bertz CT molecular complexity index is 677. The molecule has 0 atom stereocenters. The number of hydrogen-bond donors (Lipinski definition) is 1. The minimum Gasteiger partial charge on any atom is -0.311 e. The van der Waals surface area contributed by atoms with Crippen molar-refractivity contribution in [2.24, 2.45) is 7.05 Å². The fourth-order valence-electron chi connectivity index (χ4n) is 1.85. The molecular formula is C13H12N2O3S. The van der Waals surface area contributed by atoms with E-state index >= 15 is 0 Å². The first-order valence-electron chi connectivity index (χ1n) is 5.59. The molecule has 0 saturated carbocycles. The van der Waals surface area contributed by atoms with E-state index in [2.05, 4.69) is 12.6 Å². The lowest BCUT2D eigenvalue weighted by Crippen LogP contribution is -2.21. The van der Waals surface area contributed by atoms with Crippen LogP contribution in [0.1, 0.15) is 5.56 Å². The van der Waals surface area contributed by atoms with Gasteiger partial charge in [0.05, 0.1) is 10.6 Å². The summed E-state index contributed by atoms with van der Waals surface area (Å²) in [7, 11) is 1.67. The molecule has 0 fully saturated rings. The van der Waals surface area contributed by atoms with E-state index in [1.54, 1.807) is 25.2 Å². The van der Waals surface area contributed by atoms with E-state index in [1.807, 2.05) is 6.07 Å². The quantitative estimate of drug-likeness (QED) is 0.532. The summed E-state index contributed by atoms with van der Waals surface area (Å²) in [6, 6.07) is 9.65. The van der Waals surface area contributed by atoms with Gasteiger partial charge in [-0.15, -0.1) is 0 Å². The van der Waals surface area contributed by atoms with Gasteiger partial charge in [-0.25, -0.2) is 0 Å². The van der Waals surface area contributed by atoms with Crippen molar-refractivity contribution < 1.29 is 4.92 Å². The third-order valence-electron chi connectivity index (χ3n) is 2.93. The van der Waals surface area contributed by atoms with E-state index in [1.165, 1.54) is 16.7 Å². The second-order valence-electron chi connectivity index (χ2n) is 4.07. The fourth-order valence-corrected chi connectivity index (χ4v) is 2.09. The van der Waals surface area contributed by atoms with Crippen LogP contribution in [-0.2, 0) is 12.8 Å². The Kier molecular flexibility index (Phi) is 3.71. The molecule has 2 rings (SSSR count). The number of non-ortho nitro benzene ring substituents is 1. The molecule has 1 aromatic carbocycles. The zero-order chi connectivity index (χ0) is 14.0. The Morgan fingerprint density at radius 1 is 1.21 bits per heavy atom. The molecule has 6 heteroatoms. The SMILES string of the molecule is Cn1c(-c2ccc([N+](=O)[O-])cc2)ccc(CS)c1=O. The highest BCUT2D eigenvalue weighted by molar-refractivity contribution is 7.79. The third kappa shape index (κ3) is 2.53. The topological polar surface area (TPSA) is 65.1 Å². The molecule has 5 nitrogen and oxygen atoms in total. The molecule has 0 aliphatic rings. The number of hydrogen-bond acceptors (Lipinski definition) is 4. The van der Waals surface area contributed by atoms with Gasteiger partial charge in [0.25, 0.3) is 11.2 Å². The van der Waals surface area contributed by atoms with Crippen molar-refractivity contribution in [1.82, 2.24) is 4.57 Å². The van der Waals surface area contributed by atoms with E-state index in [9.17, 15) is 14.9 Å². The van der Waals surface area contributed by atoms with Gasteiger partial charge in [-0.3, -0.25) is 14.9 Å². The van der Waals surface area contributed by atoms with Gasteiger partial charge in [0, 0.05) is 30.5 Å². The first-order valence-corrected chi connectivity index (χ1v) is 6.22. The van der Waals surface area contributed by atoms with Crippen molar-refractivity contribution in [3.63, 3.8) is 0 Å². The van der Waals surface area contributed by atoms with Gasteiger partial charge in [-0.2, -0.15) is 12.6 Å². The van der Waals surface area contributed by atoms with Crippen molar-refractivity contribution in [3.8, 4) is 11.3 Å². The van der Waals surface area contributed by atoms with Gasteiger partial charge in [0.1, 0.15) is 0 Å². The van der Waals surface area contributed by atoms with Gasteiger partial charge < -0.3 is 4.57 Å². The maximum atomic E-state index is 12.0. The van der Waals surface area contributed by atoms with Crippen molar-refractivity contribution in [2.75, 3.05) is 0 Å². The van der Waals surface area contributed by atoms with Crippen LogP contribution in [0.4, 0.5) is 5.69 Å². The molecule has 0 N–H and O–H groups in total. The number of aromatic nitrogens is 1. The standard InChI is InChI=1S/C13H12N2O3S/c1-14-12(7-4-10(8-19)13(14)16)9-2-5-11(6-3-9)15(17)18/h2-7,19H,8H2,1H3. The number of rotatable bonds is 3. The second kappa shape index (κ2) is 5.27. The highest BCUT2D eigenvalue weighted by Gasteiger charge is 2.09. The third-order valence-corrected chi connectivity index (χ3v) is 3.27. The highest BCUT2D eigenvalue weighted by atomic mass is 32.1. The van der Waals surface area contributed by atoms with Crippen molar-refractivity contribution in [1.29, 1.82) is 0 Å². The Morgan fingerprint density at radius 3 is 2.37 bits per heavy atom. The van der Waals surface area contributed by atoms with E-state index in [0.717, 1.165) is 5.56 Å². The molecule has 2 aromatic rings. The molecule has 0 aliphatic carbocycles. The normalized spacial score (nSPS) is 10.4. The van der Waals surface area contributed by atoms with Crippen LogP contribution in [0.15, 0.2) is 41.2 Å². The number of benzene rings is 1. The Morgan fingerprint density at radius 2 is 1.84 bits per heavy atom. The maximum Gasteiger partial charge on any atom is 0.269 e. The number of nitro groups is 1. The smallest absolute Gasteiger partial charge is 0.269 e. The average Bonchev–Trinajstić information content (AvgIpc) is 2.42. The highest BCUT2D eigenvalue weighted by Crippen LogP contribution is 2.21. The summed E-state index contributed by atoms with van der Waals surface area (Å²) in [5, 5.41) is 10.6. The van der Waals surface area contributed by atoms with E-state index in [-0.39, 0.29) is 11.2 Å². The minimum atomic E-state index is -0.452. The molecular weight excluding hydrogens is 264 g/mol. The molecule has 0 spiro atoms. The summed E-state index contributed by atoms with van der Waals surface area (Å²) in [6.45, 7) is 0. The number of pyridine rings is 1. The fraction of sp³-hybridized carbons (Fsp3) is 0.154. The predicted octanol–water partition coefficient (Wildman–Crippen LogP) is 2.39. The largest absolute Gasteiger partial charge is 0.311 e. The molecule has 0 unspecified atom stereocenters. The molecule has 1 aromatic heterocycles. The lowest BCUT2D eigenvalue weighted by atomic mass is 10.1. The average molecular weight is 276 g/mol. The Balaban J connectivity index is 2.50. The number of nitro benzene ring substituents is 1. The van der Waals surface area contributed by atoms with Crippen LogP contribution in [0, 0.1) is 10.1 Å². The monoisotopic (exact) mass is 276 g/mol. The van der Waals surface area contributed by atoms with Crippen LogP contribution in [-0.4, -0.2) is 9.49 Å². The number of nitrogens with zero attached hydrogens (tertiary/aromatic N) is 2. The predicted molar refractivity (Wildman–Crippen MR) is 76.5 cm³/mol. The van der Waals surface area contributed by atoms with Gasteiger partial charge in [-0.1, -0.05) is 6.07 Å². The van der Waals surface area contributed by atoms with E-state index < -0.39 is 4.92 Å². The summed E-state index contributed by atoms with van der Waals surface area (Å²) in [4.78, 5) is 22.1. The van der Waals surface area contributed by atoms with Crippen LogP contribution in [0.2, 0.25) is 0 Å². The summed E-state index contributed by atoms with van der Waals surface area (Å²) in [5.41, 5.74) is 2.02. The van der Waals surface area contributed by atoms with E-state index in [0.29, 0.717) is 17.0 Å². The van der Waals surface area contributed by atoms with Crippen LogP contribution in [0.25, 0.3) is 11.3 Å². The second-order valence-corrected chi connectivity index (χ2v) is 4.39. The molecule has 98 valence electrons. The zero-order valence-electron chi connectivity index (χ0n) is 10.2.